The predicted octanol–water partition coefficient (Wildman–Crippen LogP) is 4.74. The zero-order valence-corrected chi connectivity index (χ0v) is 16.0. The van der Waals surface area contributed by atoms with Crippen molar-refractivity contribution in [1.82, 2.24) is 15.3 Å². The maximum atomic E-state index is 14.0. The standard InChI is InChI=1S/C21H22F3N3O2/c1-21(3-6-25-7-4-21)12-28-17-2-5-26-19-18(17)16(11-27-19)13-8-14(22)10-15(9-13)29-20(23)24/h2,5,8-11,20,25H,3-4,6-7,12H2,1H3,(H,26,27). The van der Waals surface area contributed by atoms with E-state index in [1.807, 2.05) is 0 Å². The summed E-state index contributed by atoms with van der Waals surface area (Å²) < 4.78 is 49.7. The van der Waals surface area contributed by atoms with E-state index in [0.29, 0.717) is 34.5 Å². The Balaban J connectivity index is 1.69. The molecule has 3 aromatic rings. The lowest BCUT2D eigenvalue weighted by molar-refractivity contribution is -0.0499. The second-order valence-electron chi connectivity index (χ2n) is 7.64. The third-order valence-electron chi connectivity index (χ3n) is 5.33. The number of piperidine rings is 1. The van der Waals surface area contributed by atoms with Crippen LogP contribution in [-0.4, -0.2) is 36.3 Å². The predicted molar refractivity (Wildman–Crippen MR) is 104 cm³/mol. The van der Waals surface area contributed by atoms with Crippen LogP contribution in [0.5, 0.6) is 11.5 Å². The molecule has 0 atom stereocenters. The van der Waals surface area contributed by atoms with Gasteiger partial charge in [0.15, 0.2) is 0 Å². The molecule has 2 aromatic heterocycles. The summed E-state index contributed by atoms with van der Waals surface area (Å²) >= 11 is 0. The molecule has 1 fully saturated rings. The van der Waals surface area contributed by atoms with Crippen molar-refractivity contribution >= 4 is 11.0 Å². The number of nitrogens with zero attached hydrogens (tertiary/aromatic N) is 1. The third-order valence-corrected chi connectivity index (χ3v) is 5.33. The number of nitrogens with one attached hydrogen (secondary N) is 2. The Bertz CT molecular complexity index is 1000. The summed E-state index contributed by atoms with van der Waals surface area (Å²) in [6, 6.07) is 5.34. The van der Waals surface area contributed by atoms with Crippen LogP contribution >= 0.6 is 0 Å². The molecule has 4 rings (SSSR count). The number of ether oxygens (including phenoxy) is 2. The highest BCUT2D eigenvalue weighted by atomic mass is 19.3. The number of rotatable bonds is 6. The molecule has 154 valence electrons. The first-order valence-corrected chi connectivity index (χ1v) is 9.49. The maximum Gasteiger partial charge on any atom is 0.387 e. The van der Waals surface area contributed by atoms with Crippen molar-refractivity contribution in [2.75, 3.05) is 19.7 Å². The number of aromatic amines is 1. The Morgan fingerprint density at radius 2 is 2.00 bits per heavy atom. The number of H-pyrrole nitrogens is 1. The first-order chi connectivity index (χ1) is 13.9. The molecule has 3 heterocycles. The maximum absolute atomic E-state index is 14.0. The number of hydrogen-bond acceptors (Lipinski definition) is 4. The topological polar surface area (TPSA) is 59.2 Å². The van der Waals surface area contributed by atoms with Gasteiger partial charge in [0.1, 0.15) is 23.0 Å². The van der Waals surface area contributed by atoms with Crippen molar-refractivity contribution in [1.29, 1.82) is 0 Å². The minimum absolute atomic E-state index is 0.0639. The summed E-state index contributed by atoms with van der Waals surface area (Å²) in [5, 5.41) is 4.03. The van der Waals surface area contributed by atoms with E-state index in [-0.39, 0.29) is 11.2 Å². The average Bonchev–Trinajstić information content (AvgIpc) is 3.11. The molecule has 0 unspecified atom stereocenters. The van der Waals surface area contributed by atoms with Gasteiger partial charge in [-0.1, -0.05) is 6.92 Å². The monoisotopic (exact) mass is 405 g/mol. The molecule has 1 saturated heterocycles. The van der Waals surface area contributed by atoms with Gasteiger partial charge in [0, 0.05) is 29.4 Å². The van der Waals surface area contributed by atoms with Gasteiger partial charge in [-0.05, 0) is 49.7 Å². The van der Waals surface area contributed by atoms with Gasteiger partial charge in [-0.15, -0.1) is 0 Å². The van der Waals surface area contributed by atoms with Crippen LogP contribution in [0, 0.1) is 11.2 Å². The van der Waals surface area contributed by atoms with E-state index in [2.05, 4.69) is 26.9 Å². The largest absolute Gasteiger partial charge is 0.492 e. The number of benzene rings is 1. The zero-order valence-electron chi connectivity index (χ0n) is 16.0. The van der Waals surface area contributed by atoms with E-state index in [1.165, 1.54) is 12.1 Å². The molecule has 0 amide bonds. The van der Waals surface area contributed by atoms with Crippen LogP contribution in [0.25, 0.3) is 22.2 Å². The van der Waals surface area contributed by atoms with Gasteiger partial charge in [0.2, 0.25) is 0 Å². The molecule has 0 radical (unpaired) electrons. The van der Waals surface area contributed by atoms with Crippen LogP contribution in [0.3, 0.4) is 0 Å². The van der Waals surface area contributed by atoms with Crippen LogP contribution in [0.1, 0.15) is 19.8 Å². The molecular formula is C21H22F3N3O2. The van der Waals surface area contributed by atoms with Crippen LogP contribution in [0.15, 0.2) is 36.7 Å². The molecule has 0 aliphatic carbocycles. The molecule has 0 bridgehead atoms. The number of alkyl halides is 2. The zero-order chi connectivity index (χ0) is 20.4. The first kappa shape index (κ1) is 19.6. The van der Waals surface area contributed by atoms with Gasteiger partial charge in [0.05, 0.1) is 12.0 Å². The average molecular weight is 405 g/mol. The molecule has 1 aromatic carbocycles. The Labute approximate surface area is 166 Å². The fourth-order valence-corrected chi connectivity index (χ4v) is 3.69. The van der Waals surface area contributed by atoms with Crippen LogP contribution in [0.2, 0.25) is 0 Å². The molecule has 0 spiro atoms. The van der Waals surface area contributed by atoms with E-state index in [4.69, 9.17) is 4.74 Å². The molecule has 1 aliphatic heterocycles. The second-order valence-corrected chi connectivity index (χ2v) is 7.64. The van der Waals surface area contributed by atoms with Gasteiger partial charge in [-0.25, -0.2) is 9.37 Å². The van der Waals surface area contributed by atoms with Crippen molar-refractivity contribution in [3.05, 3.63) is 42.5 Å². The normalized spacial score (nSPS) is 16.3. The highest BCUT2D eigenvalue weighted by Crippen LogP contribution is 2.37. The molecule has 8 heteroatoms. The SMILES string of the molecule is CC1(COc2ccnc3[nH]cc(-c4cc(F)cc(OC(F)F)c4)c23)CCNCC1. The molecule has 0 saturated carbocycles. The van der Waals surface area contributed by atoms with Gasteiger partial charge in [-0.2, -0.15) is 8.78 Å². The van der Waals surface area contributed by atoms with E-state index in [0.717, 1.165) is 32.0 Å². The van der Waals surface area contributed by atoms with Crippen LogP contribution in [0.4, 0.5) is 13.2 Å². The second kappa shape index (κ2) is 7.94. The van der Waals surface area contributed by atoms with Crippen molar-refractivity contribution in [3.63, 3.8) is 0 Å². The summed E-state index contributed by atoms with van der Waals surface area (Å²) in [4.78, 5) is 7.34. The minimum Gasteiger partial charge on any atom is -0.492 e. The Hall–Kier alpha value is -2.74. The van der Waals surface area contributed by atoms with Crippen LogP contribution < -0.4 is 14.8 Å². The van der Waals surface area contributed by atoms with Crippen molar-refractivity contribution in [2.45, 2.75) is 26.4 Å². The number of halogens is 3. The number of fused-ring (bicyclic) bond motifs is 1. The van der Waals surface area contributed by atoms with Crippen molar-refractivity contribution in [2.24, 2.45) is 5.41 Å². The lowest BCUT2D eigenvalue weighted by atomic mass is 9.82. The molecule has 5 nitrogen and oxygen atoms in total. The fraction of sp³-hybridized carbons (Fsp3) is 0.381. The Morgan fingerprint density at radius 1 is 1.21 bits per heavy atom. The Morgan fingerprint density at radius 3 is 2.76 bits per heavy atom. The van der Waals surface area contributed by atoms with Gasteiger partial charge in [-0.3, -0.25) is 0 Å². The summed E-state index contributed by atoms with van der Waals surface area (Å²) in [5.41, 5.74) is 1.65. The minimum atomic E-state index is -3.03. The molecule has 29 heavy (non-hydrogen) atoms. The van der Waals surface area contributed by atoms with E-state index < -0.39 is 12.4 Å². The number of aromatic nitrogens is 2. The summed E-state index contributed by atoms with van der Waals surface area (Å²) in [7, 11) is 0. The quantitative estimate of drug-likeness (QED) is 0.622. The van der Waals surface area contributed by atoms with Crippen molar-refractivity contribution in [3.8, 4) is 22.6 Å². The summed E-state index contributed by atoms with van der Waals surface area (Å²) in [6.07, 6.45) is 5.33. The smallest absolute Gasteiger partial charge is 0.387 e. The van der Waals surface area contributed by atoms with E-state index in [1.54, 1.807) is 18.5 Å². The highest BCUT2D eigenvalue weighted by Gasteiger charge is 2.28. The van der Waals surface area contributed by atoms with Gasteiger partial charge >= 0.3 is 6.61 Å². The molecule has 1 aliphatic rings. The number of hydrogen-bond donors (Lipinski definition) is 2. The van der Waals surface area contributed by atoms with E-state index in [9.17, 15) is 13.2 Å². The van der Waals surface area contributed by atoms with Gasteiger partial charge in [0.25, 0.3) is 0 Å². The third kappa shape index (κ3) is 4.32. The fourth-order valence-electron chi connectivity index (χ4n) is 3.69. The van der Waals surface area contributed by atoms with Crippen LogP contribution in [-0.2, 0) is 0 Å². The summed E-state index contributed by atoms with van der Waals surface area (Å²) in [5.74, 6) is -0.286. The molecule has 2 N–H and O–H groups in total. The van der Waals surface area contributed by atoms with Gasteiger partial charge < -0.3 is 19.8 Å². The lowest BCUT2D eigenvalue weighted by Gasteiger charge is -2.33. The van der Waals surface area contributed by atoms with Crippen molar-refractivity contribution < 1.29 is 22.6 Å². The first-order valence-electron chi connectivity index (χ1n) is 9.49. The molecular weight excluding hydrogens is 383 g/mol. The summed E-state index contributed by atoms with van der Waals surface area (Å²) in [6.45, 7) is 1.62. The van der Waals surface area contributed by atoms with E-state index >= 15 is 0 Å². The Kier molecular flexibility index (Phi) is 5.36. The lowest BCUT2D eigenvalue weighted by Crippen LogP contribution is -2.38. The number of pyridine rings is 1. The highest BCUT2D eigenvalue weighted by molar-refractivity contribution is 5.98.